The summed E-state index contributed by atoms with van der Waals surface area (Å²) in [6, 6.07) is 10.8. The number of rotatable bonds is 6. The van der Waals surface area contributed by atoms with Gasteiger partial charge in [-0.2, -0.15) is 0 Å². The minimum absolute atomic E-state index is 0.305. The number of fused-ring (bicyclic) bond motifs is 1. The van der Waals surface area contributed by atoms with Crippen molar-refractivity contribution in [3.8, 4) is 0 Å². The van der Waals surface area contributed by atoms with Gasteiger partial charge in [-0.15, -0.1) is 0 Å². The number of aryl methyl sites for hydroxylation is 1. The molecule has 3 aromatic rings. The largest absolute Gasteiger partial charge is 0.464 e. The summed E-state index contributed by atoms with van der Waals surface area (Å²) in [6.07, 6.45) is 2.65. The number of H-pyrrole nitrogens is 1. The van der Waals surface area contributed by atoms with Crippen LogP contribution >= 0.6 is 0 Å². The lowest BCUT2D eigenvalue weighted by atomic mass is 10.2. The molecule has 3 N–H and O–H groups in total. The Kier molecular flexibility index (Phi) is 4.86. The zero-order chi connectivity index (χ0) is 16.9. The Morgan fingerprint density at radius 1 is 1.29 bits per heavy atom. The van der Waals surface area contributed by atoms with E-state index in [9.17, 15) is 4.79 Å². The molecule has 0 aliphatic heterocycles. The van der Waals surface area contributed by atoms with Crippen molar-refractivity contribution >= 4 is 22.6 Å². The van der Waals surface area contributed by atoms with Gasteiger partial charge in [0.2, 0.25) is 0 Å². The number of furan rings is 1. The summed E-state index contributed by atoms with van der Waals surface area (Å²) in [4.78, 5) is 15.5. The standard InChI is InChI=1S/C18H21N3O3/c1-3-12-7-8-17(24-12)16(11-23-2)21-18(22)20-15-6-4-5-14-13(15)9-10-19-14/h4-10,16,19H,3,11H2,1-2H3,(H2,20,21,22)/t16-/m0/s1. The van der Waals surface area contributed by atoms with Crippen molar-refractivity contribution < 1.29 is 13.9 Å². The molecule has 2 amide bonds. The number of aromatic nitrogens is 1. The highest BCUT2D eigenvalue weighted by atomic mass is 16.5. The maximum Gasteiger partial charge on any atom is 0.319 e. The molecule has 6 nitrogen and oxygen atoms in total. The molecule has 0 fully saturated rings. The Hall–Kier alpha value is -2.73. The number of carbonyl (C=O) groups excluding carboxylic acids is 1. The summed E-state index contributed by atoms with van der Waals surface area (Å²) in [5, 5.41) is 6.74. The average Bonchev–Trinajstić information content (AvgIpc) is 3.24. The van der Waals surface area contributed by atoms with Crippen LogP contribution in [0.25, 0.3) is 10.9 Å². The summed E-state index contributed by atoms with van der Waals surface area (Å²) in [5.74, 6) is 1.56. The van der Waals surface area contributed by atoms with Crippen LogP contribution in [0, 0.1) is 0 Å². The van der Waals surface area contributed by atoms with Crippen LogP contribution in [0.1, 0.15) is 24.5 Å². The van der Waals surface area contributed by atoms with Crippen LogP contribution < -0.4 is 10.6 Å². The van der Waals surface area contributed by atoms with Gasteiger partial charge < -0.3 is 24.8 Å². The maximum atomic E-state index is 12.4. The molecule has 2 heterocycles. The van der Waals surface area contributed by atoms with Gasteiger partial charge in [0.15, 0.2) is 0 Å². The lowest BCUT2D eigenvalue weighted by Gasteiger charge is -2.16. The zero-order valence-corrected chi connectivity index (χ0v) is 13.8. The van der Waals surface area contributed by atoms with Crippen molar-refractivity contribution in [1.82, 2.24) is 10.3 Å². The molecular weight excluding hydrogens is 306 g/mol. The maximum absolute atomic E-state index is 12.4. The number of ether oxygens (including phenoxy) is 1. The highest BCUT2D eigenvalue weighted by Gasteiger charge is 2.18. The van der Waals surface area contributed by atoms with E-state index < -0.39 is 0 Å². The number of amides is 2. The van der Waals surface area contributed by atoms with Crippen molar-refractivity contribution in [3.63, 3.8) is 0 Å². The van der Waals surface area contributed by atoms with Crippen molar-refractivity contribution in [2.45, 2.75) is 19.4 Å². The van der Waals surface area contributed by atoms with Crippen molar-refractivity contribution in [1.29, 1.82) is 0 Å². The summed E-state index contributed by atoms with van der Waals surface area (Å²) >= 11 is 0. The second-order valence-electron chi connectivity index (χ2n) is 5.51. The van der Waals surface area contributed by atoms with Crippen LogP contribution in [-0.4, -0.2) is 24.7 Å². The number of carbonyl (C=O) groups is 1. The first-order valence-corrected chi connectivity index (χ1v) is 7.92. The first kappa shape index (κ1) is 16.1. The SMILES string of the molecule is CCc1ccc([C@H](COC)NC(=O)Nc2cccc3[nH]ccc23)o1. The Morgan fingerprint density at radius 2 is 2.17 bits per heavy atom. The van der Waals surface area contributed by atoms with Gasteiger partial charge >= 0.3 is 6.03 Å². The molecule has 126 valence electrons. The topological polar surface area (TPSA) is 79.3 Å². The molecule has 0 aliphatic carbocycles. The highest BCUT2D eigenvalue weighted by Crippen LogP contribution is 2.23. The van der Waals surface area contributed by atoms with E-state index in [1.807, 2.05) is 49.5 Å². The number of aromatic amines is 1. The number of methoxy groups -OCH3 is 1. The Morgan fingerprint density at radius 3 is 2.92 bits per heavy atom. The minimum atomic E-state index is -0.347. The molecule has 0 saturated carbocycles. The number of nitrogens with one attached hydrogen (secondary N) is 3. The van der Waals surface area contributed by atoms with Gasteiger partial charge in [0.25, 0.3) is 0 Å². The normalized spacial score (nSPS) is 12.2. The highest BCUT2D eigenvalue weighted by molar-refractivity contribution is 6.00. The summed E-state index contributed by atoms with van der Waals surface area (Å²) in [6.45, 7) is 2.35. The van der Waals surface area contributed by atoms with Crippen LogP contribution in [0.3, 0.4) is 0 Å². The molecule has 0 bridgehead atoms. The molecule has 2 aromatic heterocycles. The Labute approximate surface area is 140 Å². The first-order valence-electron chi connectivity index (χ1n) is 7.92. The molecule has 3 rings (SSSR count). The number of benzene rings is 1. The van der Waals surface area contributed by atoms with E-state index in [0.29, 0.717) is 12.4 Å². The van der Waals surface area contributed by atoms with Gasteiger partial charge in [0.1, 0.15) is 17.6 Å². The van der Waals surface area contributed by atoms with Gasteiger partial charge in [0.05, 0.1) is 12.3 Å². The lowest BCUT2D eigenvalue weighted by Crippen LogP contribution is -2.34. The van der Waals surface area contributed by atoms with E-state index in [2.05, 4.69) is 15.6 Å². The third-order valence-corrected chi connectivity index (χ3v) is 3.86. The third-order valence-electron chi connectivity index (χ3n) is 3.86. The molecule has 0 aliphatic rings. The molecule has 1 aromatic carbocycles. The molecule has 0 spiro atoms. The monoisotopic (exact) mass is 327 g/mol. The summed E-state index contributed by atoms with van der Waals surface area (Å²) in [7, 11) is 1.59. The van der Waals surface area contributed by atoms with E-state index in [1.54, 1.807) is 7.11 Å². The molecule has 0 saturated heterocycles. The molecule has 0 unspecified atom stereocenters. The number of anilines is 1. The van der Waals surface area contributed by atoms with Crippen LogP contribution in [0.5, 0.6) is 0 Å². The number of hydrogen-bond donors (Lipinski definition) is 3. The second-order valence-corrected chi connectivity index (χ2v) is 5.51. The van der Waals surface area contributed by atoms with Crippen molar-refractivity contribution in [3.05, 3.63) is 54.1 Å². The number of urea groups is 1. The van der Waals surface area contributed by atoms with Gasteiger partial charge in [-0.05, 0) is 30.3 Å². The fourth-order valence-corrected chi connectivity index (χ4v) is 2.64. The van der Waals surface area contributed by atoms with E-state index in [0.717, 1.165) is 28.8 Å². The lowest BCUT2D eigenvalue weighted by molar-refractivity contribution is 0.158. The third kappa shape index (κ3) is 3.44. The van der Waals surface area contributed by atoms with Crippen LogP contribution in [0.2, 0.25) is 0 Å². The van der Waals surface area contributed by atoms with Gasteiger partial charge in [-0.1, -0.05) is 13.0 Å². The molecule has 1 atom stereocenters. The molecule has 6 heteroatoms. The van der Waals surface area contributed by atoms with E-state index >= 15 is 0 Å². The smallest absolute Gasteiger partial charge is 0.319 e. The average molecular weight is 327 g/mol. The van der Waals surface area contributed by atoms with Crippen LogP contribution in [0.4, 0.5) is 10.5 Å². The molecular formula is C18H21N3O3. The van der Waals surface area contributed by atoms with E-state index in [1.165, 1.54) is 0 Å². The van der Waals surface area contributed by atoms with Gasteiger partial charge in [-0.3, -0.25) is 0 Å². The van der Waals surface area contributed by atoms with Crippen molar-refractivity contribution in [2.24, 2.45) is 0 Å². The molecule has 24 heavy (non-hydrogen) atoms. The first-order chi connectivity index (χ1) is 11.7. The van der Waals surface area contributed by atoms with E-state index in [4.69, 9.17) is 9.15 Å². The predicted molar refractivity (Wildman–Crippen MR) is 93.2 cm³/mol. The van der Waals surface area contributed by atoms with Gasteiger partial charge in [-0.25, -0.2) is 4.79 Å². The predicted octanol–water partition coefficient (Wildman–Crippen LogP) is 3.83. The minimum Gasteiger partial charge on any atom is -0.464 e. The fourth-order valence-electron chi connectivity index (χ4n) is 2.64. The zero-order valence-electron chi connectivity index (χ0n) is 13.8. The van der Waals surface area contributed by atoms with Crippen LogP contribution in [-0.2, 0) is 11.2 Å². The van der Waals surface area contributed by atoms with Crippen molar-refractivity contribution in [2.75, 3.05) is 19.0 Å². The number of hydrogen-bond acceptors (Lipinski definition) is 3. The Balaban J connectivity index is 1.72. The van der Waals surface area contributed by atoms with Gasteiger partial charge in [0, 0.05) is 30.6 Å². The summed E-state index contributed by atoms with van der Waals surface area (Å²) < 4.78 is 10.9. The fraction of sp³-hybridized carbons (Fsp3) is 0.278. The van der Waals surface area contributed by atoms with Crippen LogP contribution in [0.15, 0.2) is 47.0 Å². The second kappa shape index (κ2) is 7.23. The Bertz CT molecular complexity index is 822. The quantitative estimate of drug-likeness (QED) is 0.644. The van der Waals surface area contributed by atoms with E-state index in [-0.39, 0.29) is 12.1 Å². The molecule has 0 radical (unpaired) electrons. The summed E-state index contributed by atoms with van der Waals surface area (Å²) in [5.41, 5.74) is 1.72.